The molecule has 2 rings (SSSR count). The van der Waals surface area contributed by atoms with Gasteiger partial charge in [-0.25, -0.2) is 0 Å². The molecule has 0 aromatic heterocycles. The van der Waals surface area contributed by atoms with Crippen molar-refractivity contribution in [2.75, 3.05) is 11.4 Å². The minimum atomic E-state index is 0.283. The minimum Gasteiger partial charge on any atom is -0.401 e. The summed E-state index contributed by atoms with van der Waals surface area (Å²) in [7, 11) is 0. The molecule has 1 fully saturated rings. The van der Waals surface area contributed by atoms with E-state index in [4.69, 9.17) is 17.3 Å². The number of nitrogens with zero attached hydrogens (tertiary/aromatic N) is 1. The molecule has 0 spiro atoms. The lowest BCUT2D eigenvalue weighted by Gasteiger charge is -2.26. The highest BCUT2D eigenvalue weighted by molar-refractivity contribution is 6.30. The van der Waals surface area contributed by atoms with Crippen molar-refractivity contribution in [3.63, 3.8) is 0 Å². The molecule has 0 saturated carbocycles. The molecule has 15 heavy (non-hydrogen) atoms. The van der Waals surface area contributed by atoms with Crippen molar-refractivity contribution in [1.29, 1.82) is 0 Å². The van der Waals surface area contributed by atoms with E-state index in [1.807, 2.05) is 24.3 Å². The first-order valence-electron chi connectivity index (χ1n) is 5.15. The Morgan fingerprint density at radius 2 is 2.07 bits per heavy atom. The van der Waals surface area contributed by atoms with Gasteiger partial charge in [0, 0.05) is 23.0 Å². The number of rotatable bonds is 2. The van der Waals surface area contributed by atoms with E-state index in [2.05, 4.69) is 11.5 Å². The van der Waals surface area contributed by atoms with E-state index in [9.17, 15) is 0 Å². The van der Waals surface area contributed by atoms with Gasteiger partial charge >= 0.3 is 0 Å². The van der Waals surface area contributed by atoms with Gasteiger partial charge in [-0.1, -0.05) is 18.2 Å². The predicted molar refractivity (Wildman–Crippen MR) is 65.1 cm³/mol. The fourth-order valence-electron chi connectivity index (χ4n) is 2.09. The van der Waals surface area contributed by atoms with Crippen molar-refractivity contribution >= 4 is 17.3 Å². The molecule has 1 heterocycles. The maximum Gasteiger partial charge on any atom is 0.0680 e. The van der Waals surface area contributed by atoms with Crippen molar-refractivity contribution in [2.24, 2.45) is 5.73 Å². The monoisotopic (exact) mass is 222 g/mol. The molecule has 2 N–H and O–H groups in total. The zero-order chi connectivity index (χ0) is 10.8. The Bertz CT molecular complexity index is 358. The molecule has 1 unspecified atom stereocenters. The predicted octanol–water partition coefficient (Wildman–Crippen LogP) is 2.78. The normalized spacial score (nSPS) is 20.6. The van der Waals surface area contributed by atoms with Gasteiger partial charge in [0.2, 0.25) is 0 Å². The summed E-state index contributed by atoms with van der Waals surface area (Å²) in [6.07, 6.45) is 2.27. The molecule has 0 amide bonds. The van der Waals surface area contributed by atoms with Gasteiger partial charge in [0.05, 0.1) is 6.04 Å². The largest absolute Gasteiger partial charge is 0.401 e. The number of hydrogen-bond donors (Lipinski definition) is 1. The van der Waals surface area contributed by atoms with Crippen LogP contribution in [0, 0.1) is 0 Å². The minimum absolute atomic E-state index is 0.283. The second-order valence-corrected chi connectivity index (χ2v) is 4.34. The van der Waals surface area contributed by atoms with Crippen LogP contribution >= 0.6 is 11.6 Å². The van der Waals surface area contributed by atoms with Crippen LogP contribution in [0.1, 0.15) is 12.8 Å². The standard InChI is InChI=1S/C12H15ClN2/c1-9(14)12-3-2-8-15(12)11-6-4-10(13)5-7-11/h4-7,12H,1-3,8,14H2. The van der Waals surface area contributed by atoms with Gasteiger partial charge in [-0.15, -0.1) is 0 Å². The lowest BCUT2D eigenvalue weighted by atomic mass is 10.1. The zero-order valence-electron chi connectivity index (χ0n) is 8.62. The Morgan fingerprint density at radius 1 is 1.40 bits per heavy atom. The molecule has 1 aromatic carbocycles. The van der Waals surface area contributed by atoms with E-state index < -0.39 is 0 Å². The van der Waals surface area contributed by atoms with Gasteiger partial charge in [-0.05, 0) is 37.1 Å². The highest BCUT2D eigenvalue weighted by Crippen LogP contribution is 2.28. The molecule has 1 aliphatic rings. The third-order valence-corrected chi connectivity index (χ3v) is 3.09. The van der Waals surface area contributed by atoms with E-state index in [1.54, 1.807) is 0 Å². The third-order valence-electron chi connectivity index (χ3n) is 2.84. The number of halogens is 1. The summed E-state index contributed by atoms with van der Waals surface area (Å²) in [6, 6.07) is 8.16. The van der Waals surface area contributed by atoms with Crippen molar-refractivity contribution in [2.45, 2.75) is 18.9 Å². The molecule has 0 bridgehead atoms. The Hall–Kier alpha value is -1.15. The van der Waals surface area contributed by atoms with Crippen LogP contribution < -0.4 is 10.6 Å². The van der Waals surface area contributed by atoms with Crippen LogP contribution in [-0.4, -0.2) is 12.6 Å². The second-order valence-electron chi connectivity index (χ2n) is 3.90. The highest BCUT2D eigenvalue weighted by Gasteiger charge is 2.25. The summed E-state index contributed by atoms with van der Waals surface area (Å²) in [5, 5.41) is 0.765. The van der Waals surface area contributed by atoms with E-state index in [1.165, 1.54) is 12.1 Å². The SMILES string of the molecule is C=C(N)C1CCCN1c1ccc(Cl)cc1. The van der Waals surface area contributed by atoms with Gasteiger partial charge < -0.3 is 10.6 Å². The van der Waals surface area contributed by atoms with Gasteiger partial charge in [0.15, 0.2) is 0 Å². The molecule has 1 saturated heterocycles. The molecule has 0 radical (unpaired) electrons. The summed E-state index contributed by atoms with van der Waals surface area (Å²) < 4.78 is 0. The Morgan fingerprint density at radius 3 is 2.67 bits per heavy atom. The maximum atomic E-state index is 5.86. The Labute approximate surface area is 95.3 Å². The van der Waals surface area contributed by atoms with Crippen LogP contribution in [0.2, 0.25) is 5.02 Å². The van der Waals surface area contributed by atoms with Gasteiger partial charge in [0.25, 0.3) is 0 Å². The molecule has 0 aliphatic carbocycles. The quantitative estimate of drug-likeness (QED) is 0.834. The molecular formula is C12H15ClN2. The van der Waals surface area contributed by atoms with E-state index >= 15 is 0 Å². The zero-order valence-corrected chi connectivity index (χ0v) is 9.37. The lowest BCUT2D eigenvalue weighted by molar-refractivity contribution is 0.754. The summed E-state index contributed by atoms with van der Waals surface area (Å²) in [5.74, 6) is 0. The first kappa shape index (κ1) is 10.4. The summed E-state index contributed by atoms with van der Waals surface area (Å²) in [6.45, 7) is 4.88. The van der Waals surface area contributed by atoms with Crippen LogP contribution in [0.25, 0.3) is 0 Å². The van der Waals surface area contributed by atoms with Gasteiger partial charge in [-0.2, -0.15) is 0 Å². The Kier molecular flexibility index (Phi) is 2.87. The van der Waals surface area contributed by atoms with Crippen LogP contribution in [0.15, 0.2) is 36.5 Å². The first-order valence-corrected chi connectivity index (χ1v) is 5.53. The average molecular weight is 223 g/mol. The number of hydrogen-bond acceptors (Lipinski definition) is 2. The van der Waals surface area contributed by atoms with E-state index in [0.717, 1.165) is 23.7 Å². The van der Waals surface area contributed by atoms with Gasteiger partial charge in [-0.3, -0.25) is 0 Å². The van der Waals surface area contributed by atoms with Crippen LogP contribution in [0.3, 0.4) is 0 Å². The summed E-state index contributed by atoms with van der Waals surface area (Å²) in [5.41, 5.74) is 7.72. The smallest absolute Gasteiger partial charge is 0.0680 e. The third kappa shape index (κ3) is 2.10. The number of nitrogens with two attached hydrogens (primary N) is 1. The topological polar surface area (TPSA) is 29.3 Å². The molecule has 1 aliphatic heterocycles. The first-order chi connectivity index (χ1) is 7.18. The number of anilines is 1. The molecular weight excluding hydrogens is 208 g/mol. The molecule has 2 nitrogen and oxygen atoms in total. The van der Waals surface area contributed by atoms with Crippen molar-refractivity contribution in [1.82, 2.24) is 0 Å². The van der Waals surface area contributed by atoms with Crippen LogP contribution in [-0.2, 0) is 0 Å². The average Bonchev–Trinajstić information content (AvgIpc) is 2.67. The molecule has 3 heteroatoms. The Balaban J connectivity index is 2.22. The van der Waals surface area contributed by atoms with E-state index in [-0.39, 0.29) is 6.04 Å². The second kappa shape index (κ2) is 4.15. The number of benzene rings is 1. The highest BCUT2D eigenvalue weighted by atomic mass is 35.5. The molecule has 1 atom stereocenters. The van der Waals surface area contributed by atoms with Crippen LogP contribution in [0.4, 0.5) is 5.69 Å². The maximum absolute atomic E-state index is 5.86. The van der Waals surface area contributed by atoms with Crippen molar-refractivity contribution < 1.29 is 0 Å². The lowest BCUT2D eigenvalue weighted by Crippen LogP contribution is -2.33. The van der Waals surface area contributed by atoms with Crippen molar-refractivity contribution in [3.05, 3.63) is 41.6 Å². The summed E-state index contributed by atoms with van der Waals surface area (Å²) in [4.78, 5) is 2.29. The summed E-state index contributed by atoms with van der Waals surface area (Å²) >= 11 is 5.86. The van der Waals surface area contributed by atoms with Crippen LogP contribution in [0.5, 0.6) is 0 Å². The molecule has 1 aromatic rings. The fourth-order valence-corrected chi connectivity index (χ4v) is 2.22. The van der Waals surface area contributed by atoms with Gasteiger partial charge in [0.1, 0.15) is 0 Å². The molecule has 80 valence electrons. The van der Waals surface area contributed by atoms with Crippen molar-refractivity contribution in [3.8, 4) is 0 Å². The fraction of sp³-hybridized carbons (Fsp3) is 0.333. The van der Waals surface area contributed by atoms with E-state index in [0.29, 0.717) is 0 Å².